The van der Waals surface area contributed by atoms with Gasteiger partial charge in [0.1, 0.15) is 17.2 Å². The first-order valence-electron chi connectivity index (χ1n) is 7.25. The molecule has 7 heteroatoms. The van der Waals surface area contributed by atoms with Crippen molar-refractivity contribution >= 4 is 28.8 Å². The highest BCUT2D eigenvalue weighted by Gasteiger charge is 2.15. The summed E-state index contributed by atoms with van der Waals surface area (Å²) in [7, 11) is 0. The van der Waals surface area contributed by atoms with Crippen LogP contribution in [0.1, 0.15) is 18.5 Å². The van der Waals surface area contributed by atoms with Gasteiger partial charge in [-0.1, -0.05) is 30.0 Å². The SMILES string of the molecule is C[C@H](NC(=O)CSc1nc2ccccc2o1)c1ccc(F)cc1F. The summed E-state index contributed by atoms with van der Waals surface area (Å²) in [6, 6.07) is 10.0. The number of hydrogen-bond donors (Lipinski definition) is 1. The molecule has 1 N–H and O–H groups in total. The third-order valence-electron chi connectivity index (χ3n) is 3.41. The maximum Gasteiger partial charge on any atom is 0.257 e. The number of rotatable bonds is 5. The van der Waals surface area contributed by atoms with E-state index in [1.807, 2.05) is 18.2 Å². The van der Waals surface area contributed by atoms with E-state index in [1.54, 1.807) is 13.0 Å². The van der Waals surface area contributed by atoms with Crippen LogP contribution < -0.4 is 5.32 Å². The van der Waals surface area contributed by atoms with E-state index in [1.165, 1.54) is 6.07 Å². The Morgan fingerprint density at radius 1 is 1.29 bits per heavy atom. The minimum Gasteiger partial charge on any atom is -0.431 e. The summed E-state index contributed by atoms with van der Waals surface area (Å²) in [5.41, 5.74) is 1.61. The van der Waals surface area contributed by atoms with Crippen molar-refractivity contribution in [2.75, 3.05) is 5.75 Å². The smallest absolute Gasteiger partial charge is 0.257 e. The average Bonchev–Trinajstić information content (AvgIpc) is 2.95. The number of carbonyl (C=O) groups is 1. The lowest BCUT2D eigenvalue weighted by atomic mass is 10.1. The first-order valence-corrected chi connectivity index (χ1v) is 8.24. The standard InChI is InChI=1S/C17H14F2N2O2S/c1-10(12-7-6-11(18)8-13(12)19)20-16(22)9-24-17-21-14-4-2-3-5-15(14)23-17/h2-8,10H,9H2,1H3,(H,20,22)/t10-/m0/s1. The molecule has 0 saturated heterocycles. The zero-order valence-corrected chi connectivity index (χ0v) is 13.6. The number of aromatic nitrogens is 1. The summed E-state index contributed by atoms with van der Waals surface area (Å²) in [6.45, 7) is 1.64. The van der Waals surface area contributed by atoms with Gasteiger partial charge in [-0.3, -0.25) is 4.79 Å². The van der Waals surface area contributed by atoms with Crippen LogP contribution in [-0.4, -0.2) is 16.6 Å². The second-order valence-electron chi connectivity index (χ2n) is 5.19. The number of nitrogens with zero attached hydrogens (tertiary/aromatic N) is 1. The predicted octanol–water partition coefficient (Wildman–Crippen LogP) is 4.08. The molecule has 0 bridgehead atoms. The molecule has 2 aromatic carbocycles. The van der Waals surface area contributed by atoms with E-state index in [0.29, 0.717) is 10.8 Å². The van der Waals surface area contributed by atoms with Crippen LogP contribution in [0, 0.1) is 11.6 Å². The zero-order valence-electron chi connectivity index (χ0n) is 12.8. The van der Waals surface area contributed by atoms with Gasteiger partial charge < -0.3 is 9.73 Å². The second-order valence-corrected chi connectivity index (χ2v) is 6.12. The van der Waals surface area contributed by atoms with Gasteiger partial charge in [0, 0.05) is 11.6 Å². The largest absolute Gasteiger partial charge is 0.431 e. The number of thioether (sulfide) groups is 1. The van der Waals surface area contributed by atoms with Gasteiger partial charge in [0.25, 0.3) is 5.22 Å². The number of para-hydroxylation sites is 2. The number of benzene rings is 2. The van der Waals surface area contributed by atoms with Gasteiger partial charge in [0.15, 0.2) is 5.58 Å². The van der Waals surface area contributed by atoms with Crippen LogP contribution in [0.25, 0.3) is 11.1 Å². The summed E-state index contributed by atoms with van der Waals surface area (Å²) in [5.74, 6) is -1.55. The van der Waals surface area contributed by atoms with Gasteiger partial charge >= 0.3 is 0 Å². The van der Waals surface area contributed by atoms with Gasteiger partial charge in [-0.25, -0.2) is 13.8 Å². The Balaban J connectivity index is 1.58. The summed E-state index contributed by atoms with van der Waals surface area (Å²) in [5, 5.41) is 3.06. The molecule has 1 amide bonds. The lowest BCUT2D eigenvalue weighted by molar-refractivity contribution is -0.119. The summed E-state index contributed by atoms with van der Waals surface area (Å²) >= 11 is 1.15. The Morgan fingerprint density at radius 3 is 2.83 bits per heavy atom. The first kappa shape index (κ1) is 16.4. The number of oxazole rings is 1. The van der Waals surface area contributed by atoms with Gasteiger partial charge in [0.05, 0.1) is 11.8 Å². The normalized spacial score (nSPS) is 12.3. The van der Waals surface area contributed by atoms with E-state index in [9.17, 15) is 13.6 Å². The van der Waals surface area contributed by atoms with Gasteiger partial charge in [-0.05, 0) is 25.1 Å². The molecule has 0 spiro atoms. The minimum atomic E-state index is -0.686. The molecule has 124 valence electrons. The Bertz CT molecular complexity index is 849. The molecule has 0 radical (unpaired) electrons. The first-order chi connectivity index (χ1) is 11.5. The van der Waals surface area contributed by atoms with Gasteiger partial charge in [-0.2, -0.15) is 0 Å². The fourth-order valence-electron chi connectivity index (χ4n) is 2.25. The lowest BCUT2D eigenvalue weighted by Crippen LogP contribution is -2.28. The van der Waals surface area contributed by atoms with E-state index in [0.717, 1.165) is 29.4 Å². The zero-order chi connectivity index (χ0) is 17.1. The van der Waals surface area contributed by atoms with Crippen LogP contribution in [0.3, 0.4) is 0 Å². The molecule has 1 heterocycles. The number of amides is 1. The Hall–Kier alpha value is -2.41. The fourth-order valence-corrected chi connectivity index (χ4v) is 2.90. The van der Waals surface area contributed by atoms with Crippen molar-refractivity contribution in [2.45, 2.75) is 18.2 Å². The molecule has 1 atom stereocenters. The van der Waals surface area contributed by atoms with Crippen molar-refractivity contribution in [1.29, 1.82) is 0 Å². The third kappa shape index (κ3) is 3.73. The highest BCUT2D eigenvalue weighted by molar-refractivity contribution is 7.99. The average molecular weight is 348 g/mol. The maximum absolute atomic E-state index is 13.7. The van der Waals surface area contributed by atoms with E-state index in [-0.39, 0.29) is 17.2 Å². The van der Waals surface area contributed by atoms with E-state index < -0.39 is 17.7 Å². The number of nitrogens with one attached hydrogen (secondary N) is 1. The minimum absolute atomic E-state index is 0.0833. The third-order valence-corrected chi connectivity index (χ3v) is 4.24. The molecule has 0 saturated carbocycles. The molecule has 0 aliphatic carbocycles. The topological polar surface area (TPSA) is 55.1 Å². The van der Waals surface area contributed by atoms with Crippen LogP contribution in [-0.2, 0) is 4.79 Å². The van der Waals surface area contributed by atoms with Crippen LogP contribution in [0.5, 0.6) is 0 Å². The Labute approximate surface area is 141 Å². The summed E-state index contributed by atoms with van der Waals surface area (Å²) < 4.78 is 32.1. The number of carbonyl (C=O) groups excluding carboxylic acids is 1. The number of halogens is 2. The van der Waals surface area contributed by atoms with Gasteiger partial charge in [-0.15, -0.1) is 0 Å². The molecule has 4 nitrogen and oxygen atoms in total. The Morgan fingerprint density at radius 2 is 2.08 bits per heavy atom. The molecule has 0 aliphatic heterocycles. The molecule has 0 fully saturated rings. The monoisotopic (exact) mass is 348 g/mol. The number of fused-ring (bicyclic) bond motifs is 1. The van der Waals surface area contributed by atoms with Crippen molar-refractivity contribution in [3.8, 4) is 0 Å². The van der Waals surface area contributed by atoms with Crippen molar-refractivity contribution in [3.05, 3.63) is 59.7 Å². The predicted molar refractivity (Wildman–Crippen MR) is 87.6 cm³/mol. The Kier molecular flexibility index (Phi) is 4.80. The molecule has 1 aromatic heterocycles. The fraction of sp³-hybridized carbons (Fsp3) is 0.176. The highest BCUT2D eigenvalue weighted by Crippen LogP contribution is 2.23. The molecular formula is C17H14F2N2O2S. The van der Waals surface area contributed by atoms with E-state index in [2.05, 4.69) is 10.3 Å². The highest BCUT2D eigenvalue weighted by atomic mass is 32.2. The van der Waals surface area contributed by atoms with E-state index in [4.69, 9.17) is 4.42 Å². The second kappa shape index (κ2) is 7.00. The molecule has 0 aliphatic rings. The lowest BCUT2D eigenvalue weighted by Gasteiger charge is -2.14. The molecular weight excluding hydrogens is 334 g/mol. The van der Waals surface area contributed by atoms with Crippen LogP contribution in [0.4, 0.5) is 8.78 Å². The molecule has 0 unspecified atom stereocenters. The van der Waals surface area contributed by atoms with E-state index >= 15 is 0 Å². The van der Waals surface area contributed by atoms with Crippen molar-refractivity contribution < 1.29 is 18.0 Å². The summed E-state index contributed by atoms with van der Waals surface area (Å²) in [4.78, 5) is 16.3. The molecule has 3 rings (SSSR count). The van der Waals surface area contributed by atoms with Crippen LogP contribution in [0.2, 0.25) is 0 Å². The maximum atomic E-state index is 13.7. The molecule has 3 aromatic rings. The number of hydrogen-bond acceptors (Lipinski definition) is 4. The summed E-state index contributed by atoms with van der Waals surface area (Å²) in [6.07, 6.45) is 0. The molecule has 24 heavy (non-hydrogen) atoms. The van der Waals surface area contributed by atoms with Crippen molar-refractivity contribution in [1.82, 2.24) is 10.3 Å². The van der Waals surface area contributed by atoms with Crippen LogP contribution >= 0.6 is 11.8 Å². The van der Waals surface area contributed by atoms with Crippen LogP contribution in [0.15, 0.2) is 52.1 Å². The quantitative estimate of drug-likeness (QED) is 0.706. The van der Waals surface area contributed by atoms with Gasteiger partial charge in [0.2, 0.25) is 5.91 Å². The van der Waals surface area contributed by atoms with Crippen molar-refractivity contribution in [3.63, 3.8) is 0 Å². The van der Waals surface area contributed by atoms with Crippen molar-refractivity contribution in [2.24, 2.45) is 0 Å².